The van der Waals surface area contributed by atoms with E-state index >= 15 is 0 Å². The van der Waals surface area contributed by atoms with E-state index in [0.29, 0.717) is 68.0 Å². The fraction of sp³-hybridized carbons (Fsp3) is 0.545. The molecule has 0 radical (unpaired) electrons. The Morgan fingerprint density at radius 3 is 2.60 bits per heavy atom. The molecule has 1 saturated carbocycles. The van der Waals surface area contributed by atoms with E-state index in [-0.39, 0.29) is 41.3 Å². The van der Waals surface area contributed by atoms with Crippen LogP contribution in [0.1, 0.15) is 40.0 Å². The lowest BCUT2D eigenvalue weighted by Gasteiger charge is -2.40. The Hall–Kier alpha value is -4.01. The number of nitrogens with one attached hydrogen (secondary N) is 1. The molecule has 0 bridgehead atoms. The number of nitrogens with zero attached hydrogens (tertiary/aromatic N) is 5. The van der Waals surface area contributed by atoms with Crippen LogP contribution in [0.15, 0.2) is 41.2 Å². The molecule has 3 atom stereocenters. The van der Waals surface area contributed by atoms with Gasteiger partial charge in [0.1, 0.15) is 17.6 Å². The standard InChI is InChI=1S/C33H44N6O7Si/c1-33(2,3)47(5,6)45-18-17-37(15-16-38-29(41)14-8-21-7-13-28(43-4)36-31(21)38)22-9-10-23-25(19-22)46-32(42)39(23)26-12-11-24-30(34-26)35-27(40)20-44-24/h7-8,11-14,22-23,25H,9-10,15-20H2,1-6H3,(H,34,35,40)/t22-,23-,25+/m0/s1. The molecule has 13 nitrogen and oxygen atoms in total. The van der Waals surface area contributed by atoms with Crippen molar-refractivity contribution in [1.82, 2.24) is 19.4 Å². The molecule has 47 heavy (non-hydrogen) atoms. The molecule has 2 fully saturated rings. The normalized spacial score (nSPS) is 21.3. The number of anilines is 2. The minimum atomic E-state index is -1.98. The number of aromatic nitrogens is 3. The van der Waals surface area contributed by atoms with E-state index in [1.807, 2.05) is 6.07 Å². The second-order valence-electron chi connectivity index (χ2n) is 13.9. The Kier molecular flexibility index (Phi) is 9.02. The molecule has 0 aromatic carbocycles. The minimum absolute atomic E-state index is 0.0663. The maximum atomic E-state index is 13.2. The third-order valence-electron chi connectivity index (χ3n) is 10.0. The third-order valence-corrected chi connectivity index (χ3v) is 14.5. The molecule has 252 valence electrons. The van der Waals surface area contributed by atoms with Gasteiger partial charge >= 0.3 is 6.09 Å². The summed E-state index contributed by atoms with van der Waals surface area (Å²) in [4.78, 5) is 51.3. The molecule has 6 rings (SSSR count). The van der Waals surface area contributed by atoms with Gasteiger partial charge in [0, 0.05) is 56.2 Å². The fourth-order valence-electron chi connectivity index (χ4n) is 6.33. The fourth-order valence-corrected chi connectivity index (χ4v) is 7.37. The number of rotatable bonds is 10. The number of fused-ring (bicyclic) bond motifs is 3. The number of carbonyl (C=O) groups excluding carboxylic acids is 2. The van der Waals surface area contributed by atoms with E-state index in [0.717, 1.165) is 11.8 Å². The van der Waals surface area contributed by atoms with Gasteiger partial charge in [-0.15, -0.1) is 0 Å². The molecule has 1 aliphatic carbocycles. The van der Waals surface area contributed by atoms with Gasteiger partial charge < -0.3 is 24.0 Å². The molecule has 2 aliphatic heterocycles. The van der Waals surface area contributed by atoms with Crippen molar-refractivity contribution in [2.75, 3.05) is 43.6 Å². The first kappa shape index (κ1) is 32.9. The Balaban J connectivity index is 1.21. The van der Waals surface area contributed by atoms with Crippen molar-refractivity contribution in [2.45, 2.75) is 82.9 Å². The van der Waals surface area contributed by atoms with E-state index in [9.17, 15) is 14.4 Å². The van der Waals surface area contributed by atoms with Crippen molar-refractivity contribution >= 4 is 43.0 Å². The molecule has 2 amide bonds. The van der Waals surface area contributed by atoms with Gasteiger partial charge in [-0.3, -0.25) is 24.0 Å². The van der Waals surface area contributed by atoms with Crippen LogP contribution < -0.4 is 25.2 Å². The number of methoxy groups -OCH3 is 1. The van der Waals surface area contributed by atoms with Crippen LogP contribution in [-0.2, 0) is 20.5 Å². The van der Waals surface area contributed by atoms with E-state index < -0.39 is 14.4 Å². The highest BCUT2D eigenvalue weighted by atomic mass is 28.4. The quantitative estimate of drug-likeness (QED) is 0.311. The molecule has 0 unspecified atom stereocenters. The van der Waals surface area contributed by atoms with Gasteiger partial charge in [0.15, 0.2) is 26.5 Å². The van der Waals surface area contributed by atoms with Crippen molar-refractivity contribution in [2.24, 2.45) is 0 Å². The summed E-state index contributed by atoms with van der Waals surface area (Å²) in [7, 11) is -0.419. The lowest BCUT2D eigenvalue weighted by atomic mass is 9.87. The lowest BCUT2D eigenvalue weighted by molar-refractivity contribution is -0.118. The predicted octanol–water partition coefficient (Wildman–Crippen LogP) is 4.40. The molecule has 3 aromatic heterocycles. The summed E-state index contributed by atoms with van der Waals surface area (Å²) in [5.41, 5.74) is 0.455. The number of hydrogen-bond acceptors (Lipinski definition) is 10. The van der Waals surface area contributed by atoms with Crippen LogP contribution in [0.25, 0.3) is 11.0 Å². The Bertz CT molecular complexity index is 1720. The van der Waals surface area contributed by atoms with Gasteiger partial charge in [0.05, 0.1) is 13.2 Å². The van der Waals surface area contributed by atoms with Crippen LogP contribution in [-0.4, -0.2) is 91.4 Å². The van der Waals surface area contributed by atoms with E-state index in [1.165, 1.54) is 0 Å². The van der Waals surface area contributed by atoms with Crippen LogP contribution in [0.4, 0.5) is 16.4 Å². The van der Waals surface area contributed by atoms with Crippen molar-refractivity contribution in [3.8, 4) is 11.6 Å². The van der Waals surface area contributed by atoms with E-state index in [2.05, 4.69) is 54.0 Å². The van der Waals surface area contributed by atoms with Gasteiger partial charge in [-0.1, -0.05) is 20.8 Å². The van der Waals surface area contributed by atoms with Gasteiger partial charge in [-0.2, -0.15) is 4.98 Å². The summed E-state index contributed by atoms with van der Waals surface area (Å²) in [6, 6.07) is 10.4. The molecule has 0 spiro atoms. The zero-order chi connectivity index (χ0) is 33.5. The Morgan fingerprint density at radius 1 is 1.04 bits per heavy atom. The average Bonchev–Trinajstić information content (AvgIpc) is 3.36. The zero-order valence-corrected chi connectivity index (χ0v) is 28.9. The van der Waals surface area contributed by atoms with Crippen molar-refractivity contribution in [3.05, 3.63) is 46.8 Å². The summed E-state index contributed by atoms with van der Waals surface area (Å²) >= 11 is 0. The van der Waals surface area contributed by atoms with Gasteiger partial charge in [-0.25, -0.2) is 9.78 Å². The predicted molar refractivity (Wildman–Crippen MR) is 180 cm³/mol. The Labute approximate surface area is 275 Å². The third kappa shape index (κ3) is 6.72. The lowest BCUT2D eigenvalue weighted by Crippen LogP contribution is -2.50. The topological polar surface area (TPSA) is 137 Å². The SMILES string of the molecule is COc1ccc2ccc(=O)n(CCN(CCO[Si](C)(C)C(C)(C)C)[C@H]3CC[C@H]4[C@@H](C3)OC(=O)N4c3ccc4c(n3)NC(=O)CO4)c2n1. The Morgan fingerprint density at radius 2 is 1.83 bits per heavy atom. The molecule has 1 saturated heterocycles. The highest BCUT2D eigenvalue weighted by molar-refractivity contribution is 6.74. The first-order chi connectivity index (χ1) is 22.3. The van der Waals surface area contributed by atoms with Crippen LogP contribution in [0.3, 0.4) is 0 Å². The summed E-state index contributed by atoms with van der Waals surface area (Å²) < 4.78 is 25.0. The largest absolute Gasteiger partial charge is 0.481 e. The molecule has 1 N–H and O–H groups in total. The van der Waals surface area contributed by atoms with Gasteiger partial charge in [-0.05, 0) is 55.2 Å². The smallest absolute Gasteiger partial charge is 0.416 e. The number of ether oxygens (including phenoxy) is 3. The van der Waals surface area contributed by atoms with E-state index in [1.54, 1.807) is 46.9 Å². The summed E-state index contributed by atoms with van der Waals surface area (Å²) in [6.45, 7) is 13.4. The van der Waals surface area contributed by atoms with Gasteiger partial charge in [0.2, 0.25) is 5.88 Å². The highest BCUT2D eigenvalue weighted by Crippen LogP contribution is 2.39. The molecule has 5 heterocycles. The van der Waals surface area contributed by atoms with Crippen molar-refractivity contribution in [3.63, 3.8) is 0 Å². The first-order valence-electron chi connectivity index (χ1n) is 16.2. The van der Waals surface area contributed by atoms with Crippen LogP contribution in [0.5, 0.6) is 11.6 Å². The number of hydrogen-bond donors (Lipinski definition) is 1. The summed E-state index contributed by atoms with van der Waals surface area (Å²) in [6.07, 6.45) is 1.37. The number of carbonyl (C=O) groups is 2. The van der Waals surface area contributed by atoms with Gasteiger partial charge in [0.25, 0.3) is 11.5 Å². The first-order valence-corrected chi connectivity index (χ1v) is 19.1. The average molecular weight is 665 g/mol. The molecule has 3 aliphatic rings. The van der Waals surface area contributed by atoms with E-state index in [4.69, 9.17) is 18.6 Å². The number of pyridine rings is 3. The summed E-state index contributed by atoms with van der Waals surface area (Å²) in [5.74, 6) is 1.35. The molecule has 3 aromatic rings. The summed E-state index contributed by atoms with van der Waals surface area (Å²) in [5, 5.41) is 3.66. The minimum Gasteiger partial charge on any atom is -0.481 e. The van der Waals surface area contributed by atoms with Crippen LogP contribution in [0.2, 0.25) is 18.1 Å². The maximum absolute atomic E-state index is 13.2. The maximum Gasteiger partial charge on any atom is 0.416 e. The van der Waals surface area contributed by atoms with Crippen LogP contribution >= 0.6 is 0 Å². The molecular weight excluding hydrogens is 620 g/mol. The molecular formula is C33H44N6O7Si. The second kappa shape index (κ2) is 12.9. The van der Waals surface area contributed by atoms with Crippen molar-refractivity contribution in [1.29, 1.82) is 0 Å². The molecule has 14 heteroatoms. The van der Waals surface area contributed by atoms with Crippen molar-refractivity contribution < 1.29 is 28.2 Å². The number of amides is 2. The monoisotopic (exact) mass is 664 g/mol. The second-order valence-corrected chi connectivity index (χ2v) is 18.7. The zero-order valence-electron chi connectivity index (χ0n) is 27.9. The van der Waals surface area contributed by atoms with Crippen LogP contribution in [0, 0.1) is 0 Å². The highest BCUT2D eigenvalue weighted by Gasteiger charge is 2.48.